The maximum atomic E-state index is 12.2. The molecule has 22 heavy (non-hydrogen) atoms. The van der Waals surface area contributed by atoms with Crippen molar-refractivity contribution in [2.45, 2.75) is 18.9 Å². The van der Waals surface area contributed by atoms with E-state index < -0.39 is 12.0 Å². The van der Waals surface area contributed by atoms with Crippen molar-refractivity contribution in [3.05, 3.63) is 12.2 Å². The van der Waals surface area contributed by atoms with Gasteiger partial charge in [-0.25, -0.2) is 4.79 Å². The van der Waals surface area contributed by atoms with E-state index in [0.29, 0.717) is 12.8 Å². The highest BCUT2D eigenvalue weighted by Gasteiger charge is 2.47. The smallest absolute Gasteiger partial charge is 0.407 e. The van der Waals surface area contributed by atoms with Gasteiger partial charge in [0, 0.05) is 6.54 Å². The number of allylic oxidation sites excluding steroid dienone is 2. The number of carbonyl (C=O) groups is 4. The maximum Gasteiger partial charge on any atom is 0.407 e. The van der Waals surface area contributed by atoms with Crippen molar-refractivity contribution in [2.75, 3.05) is 19.7 Å². The molecule has 0 saturated carbocycles. The van der Waals surface area contributed by atoms with Gasteiger partial charge in [-0.2, -0.15) is 0 Å². The number of amides is 4. The fourth-order valence-corrected chi connectivity index (χ4v) is 3.00. The summed E-state index contributed by atoms with van der Waals surface area (Å²) in [5.74, 6) is -1.62. The average molecular weight is 307 g/mol. The molecule has 118 valence electrons. The summed E-state index contributed by atoms with van der Waals surface area (Å²) in [7, 11) is 0. The second-order valence-corrected chi connectivity index (χ2v) is 5.66. The molecule has 2 saturated heterocycles. The SMILES string of the molecule is O=C(CN1C(=O)[C@@H]2CC=CC[C@H]2C1=O)NC[C@@H]1COC(=O)N1. The van der Waals surface area contributed by atoms with Gasteiger partial charge in [-0.05, 0) is 12.8 Å². The number of fused-ring (bicyclic) bond motifs is 1. The Kier molecular flexibility index (Phi) is 3.82. The van der Waals surface area contributed by atoms with E-state index >= 15 is 0 Å². The Balaban J connectivity index is 1.52. The molecule has 2 fully saturated rings. The number of imide groups is 1. The molecular formula is C14H17N3O5. The molecule has 1 aliphatic carbocycles. The molecule has 8 heteroatoms. The normalized spacial score (nSPS) is 30.1. The minimum Gasteiger partial charge on any atom is -0.447 e. The maximum absolute atomic E-state index is 12.2. The molecule has 0 aromatic rings. The van der Waals surface area contributed by atoms with E-state index in [1.54, 1.807) is 0 Å². The summed E-state index contributed by atoms with van der Waals surface area (Å²) >= 11 is 0. The van der Waals surface area contributed by atoms with Crippen LogP contribution in [0.15, 0.2) is 12.2 Å². The van der Waals surface area contributed by atoms with Gasteiger partial charge in [-0.3, -0.25) is 19.3 Å². The summed E-state index contributed by atoms with van der Waals surface area (Å²) in [6, 6.07) is -0.284. The first-order chi connectivity index (χ1) is 10.6. The summed E-state index contributed by atoms with van der Waals surface area (Å²) in [5.41, 5.74) is 0. The highest BCUT2D eigenvalue weighted by molar-refractivity contribution is 6.07. The van der Waals surface area contributed by atoms with Gasteiger partial charge in [0.05, 0.1) is 17.9 Å². The second kappa shape index (κ2) is 5.78. The van der Waals surface area contributed by atoms with E-state index in [1.807, 2.05) is 12.2 Å². The number of hydrogen-bond donors (Lipinski definition) is 2. The Labute approximate surface area is 126 Å². The molecule has 0 unspecified atom stereocenters. The summed E-state index contributed by atoms with van der Waals surface area (Å²) in [5, 5.41) is 5.13. The van der Waals surface area contributed by atoms with Gasteiger partial charge in [0.1, 0.15) is 13.2 Å². The van der Waals surface area contributed by atoms with Gasteiger partial charge >= 0.3 is 6.09 Å². The van der Waals surface area contributed by atoms with Crippen molar-refractivity contribution < 1.29 is 23.9 Å². The van der Waals surface area contributed by atoms with Crippen molar-refractivity contribution in [1.29, 1.82) is 0 Å². The average Bonchev–Trinajstić information content (AvgIpc) is 3.03. The van der Waals surface area contributed by atoms with Crippen molar-refractivity contribution in [3.63, 3.8) is 0 Å². The fourth-order valence-electron chi connectivity index (χ4n) is 3.00. The number of hydrogen-bond acceptors (Lipinski definition) is 5. The first kappa shape index (κ1) is 14.6. The van der Waals surface area contributed by atoms with Crippen LogP contribution in [0.4, 0.5) is 4.79 Å². The van der Waals surface area contributed by atoms with Gasteiger partial charge in [-0.15, -0.1) is 0 Å². The second-order valence-electron chi connectivity index (χ2n) is 5.66. The summed E-state index contributed by atoms with van der Waals surface area (Å²) in [6.45, 7) is 0.123. The summed E-state index contributed by atoms with van der Waals surface area (Å²) in [4.78, 5) is 48.2. The number of alkyl carbamates (subject to hydrolysis) is 1. The lowest BCUT2D eigenvalue weighted by atomic mass is 9.85. The lowest BCUT2D eigenvalue weighted by Crippen LogP contribution is -2.45. The third-order valence-electron chi connectivity index (χ3n) is 4.18. The van der Waals surface area contributed by atoms with E-state index in [2.05, 4.69) is 10.6 Å². The summed E-state index contributed by atoms with van der Waals surface area (Å²) < 4.78 is 4.70. The zero-order valence-electron chi connectivity index (χ0n) is 11.9. The Hall–Kier alpha value is -2.38. The van der Waals surface area contributed by atoms with Gasteiger partial charge in [0.25, 0.3) is 0 Å². The molecule has 0 aromatic heterocycles. The van der Waals surface area contributed by atoms with E-state index in [4.69, 9.17) is 4.74 Å². The van der Waals surface area contributed by atoms with Crippen molar-refractivity contribution in [3.8, 4) is 0 Å². The van der Waals surface area contributed by atoms with Crippen LogP contribution in [0.25, 0.3) is 0 Å². The molecule has 0 radical (unpaired) electrons. The third kappa shape index (κ3) is 2.68. The molecule has 2 N–H and O–H groups in total. The molecule has 0 bridgehead atoms. The molecular weight excluding hydrogens is 290 g/mol. The zero-order valence-corrected chi connectivity index (χ0v) is 11.9. The number of carbonyl (C=O) groups excluding carboxylic acids is 4. The molecule has 0 spiro atoms. The number of cyclic esters (lactones) is 1. The minimum absolute atomic E-state index is 0.191. The van der Waals surface area contributed by atoms with E-state index in [-0.39, 0.29) is 49.4 Å². The van der Waals surface area contributed by atoms with Gasteiger partial charge < -0.3 is 15.4 Å². The number of nitrogens with zero attached hydrogens (tertiary/aromatic N) is 1. The number of likely N-dealkylation sites (tertiary alicyclic amines) is 1. The monoisotopic (exact) mass is 307 g/mol. The van der Waals surface area contributed by atoms with Gasteiger partial charge in [0.15, 0.2) is 0 Å². The predicted octanol–water partition coefficient (Wildman–Crippen LogP) is -0.838. The highest BCUT2D eigenvalue weighted by atomic mass is 16.6. The predicted molar refractivity (Wildman–Crippen MR) is 73.4 cm³/mol. The zero-order chi connectivity index (χ0) is 15.7. The Morgan fingerprint density at radius 1 is 1.23 bits per heavy atom. The fraction of sp³-hybridized carbons (Fsp3) is 0.571. The van der Waals surface area contributed by atoms with Crippen LogP contribution in [-0.4, -0.2) is 54.5 Å². The molecule has 8 nitrogen and oxygen atoms in total. The third-order valence-corrected chi connectivity index (χ3v) is 4.18. The lowest BCUT2D eigenvalue weighted by molar-refractivity contribution is -0.143. The van der Waals surface area contributed by atoms with Crippen LogP contribution in [0, 0.1) is 11.8 Å². The summed E-state index contributed by atoms with van der Waals surface area (Å²) in [6.07, 6.45) is 4.40. The van der Waals surface area contributed by atoms with Crippen LogP contribution in [-0.2, 0) is 19.1 Å². The minimum atomic E-state index is -0.513. The molecule has 2 aliphatic heterocycles. The van der Waals surface area contributed by atoms with Crippen LogP contribution < -0.4 is 10.6 Å². The Morgan fingerprint density at radius 2 is 1.86 bits per heavy atom. The van der Waals surface area contributed by atoms with Crippen LogP contribution in [0.5, 0.6) is 0 Å². The molecule has 0 aromatic carbocycles. The lowest BCUT2D eigenvalue weighted by Gasteiger charge is -2.15. The first-order valence-electron chi connectivity index (χ1n) is 7.26. The molecule has 3 rings (SSSR count). The standard InChI is InChI=1S/C14H17N3O5/c18-11(15-5-8-7-22-14(21)16-8)6-17-12(19)9-3-1-2-4-10(9)13(17)20/h1-2,8-10H,3-7H2,(H,15,18)(H,16,21)/t8-,9-,10-/m1/s1. The van der Waals surface area contributed by atoms with E-state index in [1.165, 1.54) is 0 Å². The first-order valence-corrected chi connectivity index (χ1v) is 7.26. The van der Waals surface area contributed by atoms with Gasteiger partial charge in [0.2, 0.25) is 17.7 Å². The van der Waals surface area contributed by atoms with Crippen molar-refractivity contribution in [1.82, 2.24) is 15.5 Å². The molecule has 4 amide bonds. The van der Waals surface area contributed by atoms with Crippen LogP contribution in [0.3, 0.4) is 0 Å². The topological polar surface area (TPSA) is 105 Å². The number of rotatable bonds is 4. The van der Waals surface area contributed by atoms with Crippen molar-refractivity contribution in [2.24, 2.45) is 11.8 Å². The van der Waals surface area contributed by atoms with Crippen LogP contribution in [0.1, 0.15) is 12.8 Å². The molecule has 3 aliphatic rings. The largest absolute Gasteiger partial charge is 0.447 e. The van der Waals surface area contributed by atoms with E-state index in [9.17, 15) is 19.2 Å². The highest BCUT2D eigenvalue weighted by Crippen LogP contribution is 2.34. The van der Waals surface area contributed by atoms with Crippen molar-refractivity contribution >= 4 is 23.8 Å². The number of ether oxygens (including phenoxy) is 1. The Morgan fingerprint density at radius 3 is 2.41 bits per heavy atom. The Bertz CT molecular complexity index is 533. The molecule has 2 heterocycles. The molecule has 3 atom stereocenters. The number of nitrogens with one attached hydrogen (secondary N) is 2. The van der Waals surface area contributed by atoms with Crippen LogP contribution >= 0.6 is 0 Å². The van der Waals surface area contributed by atoms with E-state index in [0.717, 1.165) is 4.90 Å². The quantitative estimate of drug-likeness (QED) is 0.520. The van der Waals surface area contributed by atoms with Crippen LogP contribution in [0.2, 0.25) is 0 Å². The van der Waals surface area contributed by atoms with Gasteiger partial charge in [-0.1, -0.05) is 12.2 Å².